The number of hydrogen-bond donors (Lipinski definition) is 1. The van der Waals surface area contributed by atoms with E-state index in [1.54, 1.807) is 6.07 Å². The van der Waals surface area contributed by atoms with Gasteiger partial charge in [0.25, 0.3) is 10.0 Å². The molecule has 0 aliphatic carbocycles. The van der Waals surface area contributed by atoms with E-state index < -0.39 is 10.0 Å². The van der Waals surface area contributed by atoms with Crippen LogP contribution in [-0.2, 0) is 16.6 Å². The fraction of sp³-hybridized carbons (Fsp3) is 0.583. The van der Waals surface area contributed by atoms with E-state index in [-0.39, 0.29) is 11.1 Å². The van der Waals surface area contributed by atoms with Crippen molar-refractivity contribution in [1.29, 1.82) is 0 Å². The van der Waals surface area contributed by atoms with Gasteiger partial charge in [0.1, 0.15) is 0 Å². The van der Waals surface area contributed by atoms with Crippen LogP contribution in [0.1, 0.15) is 12.5 Å². The fourth-order valence-electron chi connectivity index (χ4n) is 2.05. The first-order valence-corrected chi connectivity index (χ1v) is 7.74. The highest BCUT2D eigenvalue weighted by molar-refractivity contribution is 7.89. The van der Waals surface area contributed by atoms with Crippen molar-refractivity contribution in [3.05, 3.63) is 23.9 Å². The molecule has 2 N–H and O–H groups in total. The molecular weight excluding hydrogens is 264 g/mol. The Hall–Kier alpha value is -1.02. The molecule has 19 heavy (non-hydrogen) atoms. The molecule has 7 heteroatoms. The number of sulfonamides is 1. The lowest BCUT2D eigenvalue weighted by Crippen LogP contribution is -2.51. The second-order valence-corrected chi connectivity index (χ2v) is 6.79. The zero-order chi connectivity index (χ0) is 14.0. The predicted octanol–water partition coefficient (Wildman–Crippen LogP) is -0.135. The fourth-order valence-corrected chi connectivity index (χ4v) is 3.47. The van der Waals surface area contributed by atoms with Crippen molar-refractivity contribution in [1.82, 2.24) is 14.2 Å². The lowest BCUT2D eigenvalue weighted by atomic mass is 10.2. The van der Waals surface area contributed by atoms with E-state index in [1.807, 2.05) is 14.0 Å². The first kappa shape index (κ1) is 14.4. The van der Waals surface area contributed by atoms with Crippen LogP contribution in [0.15, 0.2) is 23.4 Å². The Kier molecular flexibility index (Phi) is 4.19. The third-order valence-electron chi connectivity index (χ3n) is 3.56. The predicted molar refractivity (Wildman–Crippen MR) is 73.0 cm³/mol. The van der Waals surface area contributed by atoms with Crippen molar-refractivity contribution in [2.24, 2.45) is 5.73 Å². The van der Waals surface area contributed by atoms with Gasteiger partial charge in [0.15, 0.2) is 5.03 Å². The molecule has 6 nitrogen and oxygen atoms in total. The minimum atomic E-state index is -3.49. The Morgan fingerprint density at radius 3 is 2.68 bits per heavy atom. The highest BCUT2D eigenvalue weighted by Gasteiger charge is 2.31. The number of piperazine rings is 1. The summed E-state index contributed by atoms with van der Waals surface area (Å²) in [4.78, 5) is 6.17. The topological polar surface area (TPSA) is 79.5 Å². The molecule has 2 heterocycles. The summed E-state index contributed by atoms with van der Waals surface area (Å²) in [6.45, 7) is 4.12. The Morgan fingerprint density at radius 2 is 2.16 bits per heavy atom. The van der Waals surface area contributed by atoms with E-state index in [0.29, 0.717) is 19.6 Å². The third kappa shape index (κ3) is 2.94. The van der Waals surface area contributed by atoms with Crippen LogP contribution >= 0.6 is 0 Å². The SMILES string of the molecule is CC1CN(S(=O)(=O)c2ccc(CN)cn2)CCN1C. The Morgan fingerprint density at radius 1 is 1.42 bits per heavy atom. The van der Waals surface area contributed by atoms with E-state index in [9.17, 15) is 8.42 Å². The van der Waals surface area contributed by atoms with Crippen LogP contribution in [0.5, 0.6) is 0 Å². The van der Waals surface area contributed by atoms with Gasteiger partial charge in [-0.2, -0.15) is 4.31 Å². The van der Waals surface area contributed by atoms with Gasteiger partial charge in [-0.25, -0.2) is 13.4 Å². The first-order chi connectivity index (χ1) is 8.95. The van der Waals surface area contributed by atoms with Crippen molar-refractivity contribution in [3.63, 3.8) is 0 Å². The molecule has 1 aromatic rings. The first-order valence-electron chi connectivity index (χ1n) is 6.30. The highest BCUT2D eigenvalue weighted by Crippen LogP contribution is 2.17. The standard InChI is InChI=1S/C12H20N4O2S/c1-10-9-16(6-5-15(10)2)19(17,18)12-4-3-11(7-13)8-14-12/h3-4,8,10H,5-7,9,13H2,1-2H3. The average molecular weight is 284 g/mol. The lowest BCUT2D eigenvalue weighted by molar-refractivity contribution is 0.159. The molecule has 0 radical (unpaired) electrons. The number of nitrogens with zero attached hydrogens (tertiary/aromatic N) is 3. The maximum absolute atomic E-state index is 12.5. The van der Waals surface area contributed by atoms with Gasteiger partial charge in [0.05, 0.1) is 0 Å². The van der Waals surface area contributed by atoms with Crippen LogP contribution in [0.25, 0.3) is 0 Å². The minimum absolute atomic E-state index is 0.0986. The van der Waals surface area contributed by atoms with Crippen molar-refractivity contribution in [3.8, 4) is 0 Å². The normalized spacial score (nSPS) is 22.6. The Labute approximate surface area is 114 Å². The summed E-state index contributed by atoms with van der Waals surface area (Å²) in [6, 6.07) is 3.45. The van der Waals surface area contributed by atoms with Crippen molar-refractivity contribution in [2.75, 3.05) is 26.7 Å². The van der Waals surface area contributed by atoms with Gasteiger partial charge in [0.2, 0.25) is 0 Å². The minimum Gasteiger partial charge on any atom is -0.326 e. The lowest BCUT2D eigenvalue weighted by Gasteiger charge is -2.36. The Bertz CT molecular complexity index is 529. The third-order valence-corrected chi connectivity index (χ3v) is 5.34. The number of rotatable bonds is 3. The molecule has 1 fully saturated rings. The Balaban J connectivity index is 2.21. The maximum Gasteiger partial charge on any atom is 0.260 e. The van der Waals surface area contributed by atoms with Crippen LogP contribution in [0.2, 0.25) is 0 Å². The molecule has 1 aliphatic heterocycles. The van der Waals surface area contributed by atoms with Crippen molar-refractivity contribution < 1.29 is 8.42 Å². The van der Waals surface area contributed by atoms with E-state index in [4.69, 9.17) is 5.73 Å². The van der Waals surface area contributed by atoms with Gasteiger partial charge < -0.3 is 10.6 Å². The van der Waals surface area contributed by atoms with E-state index in [0.717, 1.165) is 12.1 Å². The van der Waals surface area contributed by atoms with Gasteiger partial charge in [-0.1, -0.05) is 6.07 Å². The molecule has 0 saturated carbocycles. The van der Waals surface area contributed by atoms with Crippen molar-refractivity contribution >= 4 is 10.0 Å². The van der Waals surface area contributed by atoms with Crippen LogP contribution in [0.4, 0.5) is 0 Å². The molecular formula is C12H20N4O2S. The summed E-state index contributed by atoms with van der Waals surface area (Å²) in [5, 5.41) is 0.0986. The number of hydrogen-bond acceptors (Lipinski definition) is 5. The summed E-state index contributed by atoms with van der Waals surface area (Å²) in [5.41, 5.74) is 6.30. The number of aromatic nitrogens is 1. The van der Waals surface area contributed by atoms with Gasteiger partial charge in [0, 0.05) is 38.4 Å². The molecule has 1 aromatic heterocycles. The molecule has 106 valence electrons. The summed E-state index contributed by atoms with van der Waals surface area (Å²) < 4.78 is 26.4. The summed E-state index contributed by atoms with van der Waals surface area (Å²) in [6.07, 6.45) is 1.52. The summed E-state index contributed by atoms with van der Waals surface area (Å²) >= 11 is 0. The van der Waals surface area contributed by atoms with E-state index in [1.165, 1.54) is 16.6 Å². The van der Waals surface area contributed by atoms with Crippen LogP contribution < -0.4 is 5.73 Å². The molecule has 0 amide bonds. The zero-order valence-corrected chi connectivity index (χ0v) is 12.1. The number of pyridine rings is 1. The molecule has 1 atom stereocenters. The molecule has 2 rings (SSSR count). The number of nitrogens with two attached hydrogens (primary N) is 1. The number of likely N-dealkylation sites (N-methyl/N-ethyl adjacent to an activating group) is 1. The van der Waals surface area contributed by atoms with E-state index >= 15 is 0 Å². The average Bonchev–Trinajstić information content (AvgIpc) is 2.41. The highest BCUT2D eigenvalue weighted by atomic mass is 32.2. The maximum atomic E-state index is 12.5. The van der Waals surface area contributed by atoms with Crippen LogP contribution in [-0.4, -0.2) is 55.3 Å². The molecule has 1 aliphatic rings. The molecule has 0 spiro atoms. The monoisotopic (exact) mass is 284 g/mol. The van der Waals surface area contributed by atoms with Gasteiger partial charge >= 0.3 is 0 Å². The van der Waals surface area contributed by atoms with Gasteiger partial charge in [-0.05, 0) is 25.6 Å². The molecule has 0 bridgehead atoms. The zero-order valence-electron chi connectivity index (χ0n) is 11.3. The molecule has 1 saturated heterocycles. The van der Waals surface area contributed by atoms with Crippen LogP contribution in [0, 0.1) is 0 Å². The smallest absolute Gasteiger partial charge is 0.260 e. The van der Waals surface area contributed by atoms with Crippen LogP contribution in [0.3, 0.4) is 0 Å². The second-order valence-electron chi connectivity index (χ2n) is 4.90. The summed E-state index contributed by atoms with van der Waals surface area (Å²) in [7, 11) is -1.49. The largest absolute Gasteiger partial charge is 0.326 e. The van der Waals surface area contributed by atoms with Gasteiger partial charge in [-0.15, -0.1) is 0 Å². The quantitative estimate of drug-likeness (QED) is 0.836. The second kappa shape index (κ2) is 5.54. The van der Waals surface area contributed by atoms with Gasteiger partial charge in [-0.3, -0.25) is 0 Å². The van der Waals surface area contributed by atoms with Crippen molar-refractivity contribution in [2.45, 2.75) is 24.5 Å². The summed E-state index contributed by atoms with van der Waals surface area (Å²) in [5.74, 6) is 0. The molecule has 1 unspecified atom stereocenters. The van der Waals surface area contributed by atoms with E-state index in [2.05, 4.69) is 9.88 Å². The molecule has 0 aromatic carbocycles.